The van der Waals surface area contributed by atoms with Gasteiger partial charge in [-0.1, -0.05) is 39.3 Å². The van der Waals surface area contributed by atoms with Crippen molar-refractivity contribution in [3.63, 3.8) is 0 Å². The largest absolute Gasteiger partial charge is 0.331 e. The molecule has 118 valence electrons. The van der Waals surface area contributed by atoms with E-state index in [2.05, 4.69) is 36.2 Å². The first-order valence-electron chi connectivity index (χ1n) is 6.75. The number of aromatic nitrogens is 3. The third-order valence-electron chi connectivity index (χ3n) is 3.05. The minimum Gasteiger partial charge on any atom is -0.331 e. The lowest BCUT2D eigenvalue weighted by Crippen LogP contribution is -2.22. The molecule has 2 aromatic heterocycles. The fraction of sp³-hybridized carbons (Fsp3) is 0.133. The third kappa shape index (κ3) is 4.04. The zero-order valence-corrected chi connectivity index (χ0v) is 15.2. The topological polar surface area (TPSA) is 70.7 Å². The maximum Gasteiger partial charge on any atom is 0.237 e. The molecule has 0 radical (unpaired) electrons. The van der Waals surface area contributed by atoms with Crippen LogP contribution in [0.15, 0.2) is 46.2 Å². The molecule has 0 saturated heterocycles. The number of amides is 1. The van der Waals surface area contributed by atoms with Crippen LogP contribution in [0.5, 0.6) is 0 Å². The van der Waals surface area contributed by atoms with Crippen LogP contribution in [0, 0.1) is 0 Å². The Labute approximate surface area is 150 Å². The summed E-state index contributed by atoms with van der Waals surface area (Å²) >= 11 is 10.6. The van der Waals surface area contributed by atoms with Crippen molar-refractivity contribution in [1.29, 1.82) is 0 Å². The van der Waals surface area contributed by atoms with E-state index in [1.807, 2.05) is 31.2 Å². The second-order valence-electron chi connectivity index (χ2n) is 4.82. The van der Waals surface area contributed by atoms with Crippen LogP contribution in [0.3, 0.4) is 0 Å². The SMILES string of the molecule is C[C@@H](Sc1nc2ncc(Cl)cc2[nH]1)C(=O)Nc1ccc(Br)cc1. The Morgan fingerprint density at radius 3 is 2.87 bits per heavy atom. The smallest absolute Gasteiger partial charge is 0.237 e. The van der Waals surface area contributed by atoms with Gasteiger partial charge in [-0.15, -0.1) is 0 Å². The van der Waals surface area contributed by atoms with E-state index in [9.17, 15) is 4.79 Å². The molecule has 0 unspecified atom stereocenters. The normalized spacial score (nSPS) is 12.3. The van der Waals surface area contributed by atoms with Crippen molar-refractivity contribution in [2.45, 2.75) is 17.3 Å². The number of H-pyrrole nitrogens is 1. The van der Waals surface area contributed by atoms with E-state index in [-0.39, 0.29) is 11.2 Å². The minimum atomic E-state index is -0.310. The molecule has 1 atom stereocenters. The summed E-state index contributed by atoms with van der Waals surface area (Å²) in [6.45, 7) is 1.83. The highest BCUT2D eigenvalue weighted by molar-refractivity contribution is 9.10. The first kappa shape index (κ1) is 16.3. The summed E-state index contributed by atoms with van der Waals surface area (Å²) in [5, 5.41) is 3.74. The highest BCUT2D eigenvalue weighted by Gasteiger charge is 2.17. The molecule has 2 N–H and O–H groups in total. The summed E-state index contributed by atoms with van der Waals surface area (Å²) in [4.78, 5) is 23.8. The van der Waals surface area contributed by atoms with Crippen LogP contribution in [0.25, 0.3) is 11.2 Å². The van der Waals surface area contributed by atoms with Gasteiger partial charge in [-0.25, -0.2) is 9.97 Å². The molecule has 0 spiro atoms. The number of thioether (sulfide) groups is 1. The molecule has 0 bridgehead atoms. The molecule has 2 heterocycles. The number of rotatable bonds is 4. The van der Waals surface area contributed by atoms with Crippen molar-refractivity contribution >= 4 is 62.1 Å². The molecule has 0 aliphatic rings. The molecule has 0 fully saturated rings. The van der Waals surface area contributed by atoms with Crippen LogP contribution in [-0.4, -0.2) is 26.1 Å². The second-order valence-corrected chi connectivity index (χ2v) is 7.50. The Morgan fingerprint density at radius 2 is 2.13 bits per heavy atom. The van der Waals surface area contributed by atoms with Crippen LogP contribution < -0.4 is 5.32 Å². The number of anilines is 1. The van der Waals surface area contributed by atoms with E-state index in [4.69, 9.17) is 11.6 Å². The number of hydrogen-bond acceptors (Lipinski definition) is 4. The zero-order valence-electron chi connectivity index (χ0n) is 12.0. The standard InChI is InChI=1S/C15H12BrClN4OS/c1-8(14(22)19-11-4-2-9(16)3-5-11)23-15-20-12-6-10(17)7-18-13(12)21-15/h2-8H,1H3,(H,19,22)(H,18,20,21)/t8-/m1/s1. The molecule has 3 rings (SSSR count). The fourth-order valence-corrected chi connectivity index (χ4v) is 3.14. The molecule has 23 heavy (non-hydrogen) atoms. The lowest BCUT2D eigenvalue weighted by molar-refractivity contribution is -0.115. The van der Waals surface area contributed by atoms with Crippen molar-refractivity contribution in [3.05, 3.63) is 46.0 Å². The Kier molecular flexibility index (Phi) is 4.89. The summed E-state index contributed by atoms with van der Waals surface area (Å²) < 4.78 is 0.964. The summed E-state index contributed by atoms with van der Waals surface area (Å²) in [5.74, 6) is -0.0937. The Morgan fingerprint density at radius 1 is 1.39 bits per heavy atom. The summed E-state index contributed by atoms with van der Waals surface area (Å²) in [5.41, 5.74) is 2.08. The van der Waals surface area contributed by atoms with Crippen LogP contribution >= 0.6 is 39.3 Å². The maximum atomic E-state index is 12.2. The average Bonchev–Trinajstić information content (AvgIpc) is 2.90. The molecule has 0 aliphatic heterocycles. The van der Waals surface area contributed by atoms with Gasteiger partial charge in [0.1, 0.15) is 0 Å². The van der Waals surface area contributed by atoms with Gasteiger partial charge in [0.05, 0.1) is 15.8 Å². The first-order chi connectivity index (χ1) is 11.0. The average molecular weight is 412 g/mol. The zero-order chi connectivity index (χ0) is 16.4. The second kappa shape index (κ2) is 6.90. The fourth-order valence-electron chi connectivity index (χ4n) is 1.91. The molecular weight excluding hydrogens is 400 g/mol. The third-order valence-corrected chi connectivity index (χ3v) is 4.77. The number of pyridine rings is 1. The lowest BCUT2D eigenvalue weighted by Gasteiger charge is -2.10. The van der Waals surface area contributed by atoms with E-state index in [1.165, 1.54) is 11.8 Å². The van der Waals surface area contributed by atoms with Gasteiger partial charge in [0.25, 0.3) is 0 Å². The molecule has 0 aliphatic carbocycles. The Hall–Kier alpha value is -1.57. The number of nitrogens with one attached hydrogen (secondary N) is 2. The number of carbonyl (C=O) groups is 1. The van der Waals surface area contributed by atoms with Crippen LogP contribution in [0.1, 0.15) is 6.92 Å². The van der Waals surface area contributed by atoms with Crippen molar-refractivity contribution in [1.82, 2.24) is 15.0 Å². The number of carbonyl (C=O) groups excluding carboxylic acids is 1. The molecule has 1 aromatic carbocycles. The van der Waals surface area contributed by atoms with Crippen LogP contribution in [-0.2, 0) is 4.79 Å². The first-order valence-corrected chi connectivity index (χ1v) is 8.80. The molecule has 3 aromatic rings. The summed E-state index contributed by atoms with van der Waals surface area (Å²) in [7, 11) is 0. The Balaban J connectivity index is 1.68. The van der Waals surface area contributed by atoms with Crippen molar-refractivity contribution < 1.29 is 4.79 Å². The van der Waals surface area contributed by atoms with E-state index < -0.39 is 0 Å². The number of benzene rings is 1. The quantitative estimate of drug-likeness (QED) is 0.620. The van der Waals surface area contributed by atoms with Gasteiger partial charge in [0, 0.05) is 16.4 Å². The highest BCUT2D eigenvalue weighted by Crippen LogP contribution is 2.25. The summed E-state index contributed by atoms with van der Waals surface area (Å²) in [6.07, 6.45) is 1.54. The number of imidazole rings is 1. The molecule has 8 heteroatoms. The number of nitrogens with zero attached hydrogens (tertiary/aromatic N) is 2. The van der Waals surface area contributed by atoms with Gasteiger partial charge in [-0.2, -0.15) is 0 Å². The van der Waals surface area contributed by atoms with Crippen molar-refractivity contribution in [3.8, 4) is 0 Å². The molecule has 5 nitrogen and oxygen atoms in total. The number of hydrogen-bond donors (Lipinski definition) is 2. The van der Waals surface area contributed by atoms with Gasteiger partial charge < -0.3 is 10.3 Å². The van der Waals surface area contributed by atoms with Crippen molar-refractivity contribution in [2.75, 3.05) is 5.32 Å². The van der Waals surface area contributed by atoms with Crippen molar-refractivity contribution in [2.24, 2.45) is 0 Å². The van der Waals surface area contributed by atoms with Gasteiger partial charge in [0.2, 0.25) is 5.91 Å². The van der Waals surface area contributed by atoms with Gasteiger partial charge in [-0.3, -0.25) is 4.79 Å². The van der Waals surface area contributed by atoms with Gasteiger partial charge >= 0.3 is 0 Å². The predicted molar refractivity (Wildman–Crippen MR) is 97.0 cm³/mol. The summed E-state index contributed by atoms with van der Waals surface area (Å²) in [6, 6.07) is 9.19. The molecule has 1 amide bonds. The molecule has 0 saturated carbocycles. The molecular formula is C15H12BrClN4OS. The predicted octanol–water partition coefficient (Wildman–Crippen LogP) is 4.49. The van der Waals surface area contributed by atoms with E-state index in [0.29, 0.717) is 15.8 Å². The van der Waals surface area contributed by atoms with Crippen LogP contribution in [0.2, 0.25) is 5.02 Å². The van der Waals surface area contributed by atoms with E-state index >= 15 is 0 Å². The lowest BCUT2D eigenvalue weighted by atomic mass is 10.3. The van der Waals surface area contributed by atoms with Gasteiger partial charge in [0.15, 0.2) is 10.8 Å². The van der Waals surface area contributed by atoms with Gasteiger partial charge in [-0.05, 0) is 37.3 Å². The number of aromatic amines is 1. The van der Waals surface area contributed by atoms with E-state index in [1.54, 1.807) is 12.3 Å². The van der Waals surface area contributed by atoms with E-state index in [0.717, 1.165) is 15.7 Å². The van der Waals surface area contributed by atoms with Crippen LogP contribution in [0.4, 0.5) is 5.69 Å². The minimum absolute atomic E-state index is 0.0937. The number of fused-ring (bicyclic) bond motifs is 1. The maximum absolute atomic E-state index is 12.2. The highest BCUT2D eigenvalue weighted by atomic mass is 79.9. The Bertz CT molecular complexity index is 852. The monoisotopic (exact) mass is 410 g/mol. The number of halogens is 2.